The van der Waals surface area contributed by atoms with E-state index in [9.17, 15) is 8.42 Å². The summed E-state index contributed by atoms with van der Waals surface area (Å²) in [6.45, 7) is 4.20. The molecule has 0 amide bonds. The van der Waals surface area contributed by atoms with E-state index in [1.807, 2.05) is 13.8 Å². The lowest BCUT2D eigenvalue weighted by molar-refractivity contribution is 0.305. The second-order valence-corrected chi connectivity index (χ2v) is 5.80. The zero-order valence-corrected chi connectivity index (χ0v) is 12.5. The third-order valence-corrected chi connectivity index (χ3v) is 3.58. The summed E-state index contributed by atoms with van der Waals surface area (Å²) in [4.78, 5) is 0. The summed E-state index contributed by atoms with van der Waals surface area (Å²) in [5.41, 5.74) is 2.17. The van der Waals surface area contributed by atoms with Gasteiger partial charge in [-0.1, -0.05) is 24.8 Å². The quantitative estimate of drug-likeness (QED) is 0.694. The number of anilines is 1. The highest BCUT2D eigenvalue weighted by molar-refractivity contribution is 7.90. The molecule has 0 bridgehead atoms. The van der Waals surface area contributed by atoms with E-state index in [2.05, 4.69) is 21.3 Å². The first-order valence-corrected chi connectivity index (χ1v) is 7.94. The number of hydrogen-bond donors (Lipinski definition) is 3. The molecule has 0 saturated carbocycles. The minimum absolute atomic E-state index is 0.0132. The first kappa shape index (κ1) is 16.5. The molecule has 0 radical (unpaired) electrons. The van der Waals surface area contributed by atoms with Crippen molar-refractivity contribution in [2.45, 2.75) is 26.7 Å². The molecule has 0 fully saturated rings. The monoisotopic (exact) mass is 296 g/mol. The van der Waals surface area contributed by atoms with Crippen molar-refractivity contribution in [3.05, 3.63) is 29.3 Å². The molecule has 6 heteroatoms. The Morgan fingerprint density at radius 2 is 2.10 bits per heavy atom. The largest absolute Gasteiger partial charge is 0.395 e. The topological polar surface area (TPSA) is 78.4 Å². The van der Waals surface area contributed by atoms with Crippen molar-refractivity contribution in [1.82, 2.24) is 4.72 Å². The van der Waals surface area contributed by atoms with Gasteiger partial charge in [0.1, 0.15) is 0 Å². The molecule has 5 nitrogen and oxygen atoms in total. The molecule has 0 spiro atoms. The van der Waals surface area contributed by atoms with Crippen LogP contribution in [0.3, 0.4) is 0 Å². The van der Waals surface area contributed by atoms with Crippen molar-refractivity contribution in [2.24, 2.45) is 0 Å². The van der Waals surface area contributed by atoms with Crippen LogP contribution in [0.5, 0.6) is 0 Å². The molecule has 0 saturated heterocycles. The lowest BCUT2D eigenvalue weighted by Gasteiger charge is -2.09. The Labute approximate surface area is 120 Å². The van der Waals surface area contributed by atoms with E-state index in [4.69, 9.17) is 5.11 Å². The SMILES string of the molecule is CCCNS(=O)(=O)Nc1ccc(C)c(C#CCCO)c1. The summed E-state index contributed by atoms with van der Waals surface area (Å²) in [6, 6.07) is 5.18. The summed E-state index contributed by atoms with van der Waals surface area (Å²) in [5.74, 6) is 5.74. The number of hydrogen-bond acceptors (Lipinski definition) is 3. The zero-order chi connectivity index (χ0) is 15.0. The zero-order valence-electron chi connectivity index (χ0n) is 11.7. The van der Waals surface area contributed by atoms with Crippen LogP contribution < -0.4 is 9.44 Å². The van der Waals surface area contributed by atoms with Gasteiger partial charge in [-0.3, -0.25) is 4.72 Å². The fraction of sp³-hybridized carbons (Fsp3) is 0.429. The Bertz CT molecular complexity index is 601. The second kappa shape index (κ2) is 7.90. The van der Waals surface area contributed by atoms with Crippen molar-refractivity contribution in [1.29, 1.82) is 0 Å². The van der Waals surface area contributed by atoms with Crippen LogP contribution in [0.15, 0.2) is 18.2 Å². The van der Waals surface area contributed by atoms with Crippen LogP contribution in [-0.2, 0) is 10.2 Å². The van der Waals surface area contributed by atoms with Crippen molar-refractivity contribution in [3.8, 4) is 11.8 Å². The predicted octanol–water partition coefficient (Wildman–Crippen LogP) is 1.39. The number of nitrogens with one attached hydrogen (secondary N) is 2. The molecule has 0 aliphatic carbocycles. The minimum atomic E-state index is -3.54. The molecule has 0 atom stereocenters. The summed E-state index contributed by atoms with van der Waals surface area (Å²) >= 11 is 0. The van der Waals surface area contributed by atoms with Gasteiger partial charge < -0.3 is 5.11 Å². The van der Waals surface area contributed by atoms with Gasteiger partial charge in [-0.2, -0.15) is 13.1 Å². The van der Waals surface area contributed by atoms with Crippen molar-refractivity contribution in [2.75, 3.05) is 17.9 Å². The highest BCUT2D eigenvalue weighted by Gasteiger charge is 2.09. The summed E-state index contributed by atoms with van der Waals surface area (Å²) in [7, 11) is -3.54. The van der Waals surface area contributed by atoms with Crippen LogP contribution in [-0.4, -0.2) is 26.7 Å². The molecule has 0 aliphatic rings. The summed E-state index contributed by atoms with van der Waals surface area (Å²) in [6.07, 6.45) is 1.13. The fourth-order valence-corrected chi connectivity index (χ4v) is 2.44. The van der Waals surface area contributed by atoms with Gasteiger partial charge in [0.05, 0.1) is 12.3 Å². The fourth-order valence-electron chi connectivity index (χ4n) is 1.46. The molecule has 1 rings (SSSR count). The van der Waals surface area contributed by atoms with Crippen molar-refractivity contribution in [3.63, 3.8) is 0 Å². The van der Waals surface area contributed by atoms with Crippen molar-refractivity contribution >= 4 is 15.9 Å². The lowest BCUT2D eigenvalue weighted by Crippen LogP contribution is -2.30. The number of rotatable bonds is 6. The molecule has 0 heterocycles. The molecule has 110 valence electrons. The van der Waals surface area contributed by atoms with E-state index in [0.29, 0.717) is 18.7 Å². The maximum Gasteiger partial charge on any atom is 0.299 e. The van der Waals surface area contributed by atoms with E-state index in [-0.39, 0.29) is 6.61 Å². The molecule has 1 aromatic rings. The Kier molecular flexibility index (Phi) is 6.52. The molecule has 0 aromatic heterocycles. The Balaban J connectivity index is 2.88. The first-order chi connectivity index (χ1) is 9.48. The van der Waals surface area contributed by atoms with Crippen LogP contribution >= 0.6 is 0 Å². The summed E-state index contributed by atoms with van der Waals surface area (Å²) in [5, 5.41) is 8.70. The Hall–Kier alpha value is -1.55. The lowest BCUT2D eigenvalue weighted by atomic mass is 10.1. The number of aliphatic hydroxyl groups is 1. The third-order valence-electron chi connectivity index (χ3n) is 2.49. The number of benzene rings is 1. The molecule has 1 aromatic carbocycles. The van der Waals surface area contributed by atoms with E-state index in [1.165, 1.54) is 0 Å². The van der Waals surface area contributed by atoms with Gasteiger partial charge in [-0.25, -0.2) is 0 Å². The van der Waals surface area contributed by atoms with Gasteiger partial charge in [-0.05, 0) is 31.0 Å². The summed E-state index contributed by atoms with van der Waals surface area (Å²) < 4.78 is 28.3. The van der Waals surface area contributed by atoms with Gasteiger partial charge in [0.15, 0.2) is 0 Å². The van der Waals surface area contributed by atoms with Crippen LogP contribution in [0.25, 0.3) is 0 Å². The number of aliphatic hydroxyl groups excluding tert-OH is 1. The normalized spacial score (nSPS) is 10.8. The maximum absolute atomic E-state index is 11.7. The second-order valence-electron chi connectivity index (χ2n) is 4.30. The van der Waals surface area contributed by atoms with E-state index in [0.717, 1.165) is 17.5 Å². The van der Waals surface area contributed by atoms with E-state index in [1.54, 1.807) is 18.2 Å². The highest BCUT2D eigenvalue weighted by Crippen LogP contribution is 2.15. The van der Waals surface area contributed by atoms with Crippen LogP contribution in [0.2, 0.25) is 0 Å². The predicted molar refractivity (Wildman–Crippen MR) is 80.6 cm³/mol. The first-order valence-electron chi connectivity index (χ1n) is 6.46. The maximum atomic E-state index is 11.7. The van der Waals surface area contributed by atoms with Crippen LogP contribution in [0.4, 0.5) is 5.69 Å². The Morgan fingerprint density at radius 1 is 1.35 bits per heavy atom. The van der Waals surface area contributed by atoms with Crippen LogP contribution in [0.1, 0.15) is 30.9 Å². The minimum Gasteiger partial charge on any atom is -0.395 e. The highest BCUT2D eigenvalue weighted by atomic mass is 32.2. The van der Waals surface area contributed by atoms with Crippen molar-refractivity contribution < 1.29 is 13.5 Å². The van der Waals surface area contributed by atoms with Gasteiger partial charge in [-0.15, -0.1) is 0 Å². The molecule has 0 unspecified atom stereocenters. The Morgan fingerprint density at radius 3 is 2.75 bits per heavy atom. The molecule has 20 heavy (non-hydrogen) atoms. The molecular weight excluding hydrogens is 276 g/mol. The van der Waals surface area contributed by atoms with Crippen LogP contribution in [0, 0.1) is 18.8 Å². The molecule has 0 aliphatic heterocycles. The van der Waals surface area contributed by atoms with E-state index >= 15 is 0 Å². The third kappa shape index (κ3) is 5.61. The van der Waals surface area contributed by atoms with E-state index < -0.39 is 10.2 Å². The van der Waals surface area contributed by atoms with Gasteiger partial charge >= 0.3 is 0 Å². The van der Waals surface area contributed by atoms with Gasteiger partial charge in [0, 0.05) is 18.5 Å². The van der Waals surface area contributed by atoms with Gasteiger partial charge in [0.25, 0.3) is 10.2 Å². The number of aryl methyl sites for hydroxylation is 1. The average Bonchev–Trinajstić information content (AvgIpc) is 2.40. The smallest absolute Gasteiger partial charge is 0.299 e. The average molecular weight is 296 g/mol. The van der Waals surface area contributed by atoms with Gasteiger partial charge in [0.2, 0.25) is 0 Å². The standard InChI is InChI=1S/C14H20N2O3S/c1-3-9-15-20(18,19)16-14-8-7-12(2)13(11-14)6-4-5-10-17/h7-8,11,15-17H,3,5,9-10H2,1-2H3. The molecular formula is C14H20N2O3S. The molecule has 3 N–H and O–H groups in total.